The summed E-state index contributed by atoms with van der Waals surface area (Å²) in [4.78, 5) is 25.7. The number of phenolic OH excluding ortho intramolecular Hbond substituents is 1. The molecule has 7 heteroatoms. The van der Waals surface area contributed by atoms with Crippen LogP contribution in [0.4, 0.5) is 0 Å². The van der Waals surface area contributed by atoms with Crippen LogP contribution >= 0.6 is 0 Å². The van der Waals surface area contributed by atoms with Gasteiger partial charge in [-0.15, -0.1) is 0 Å². The molecule has 0 saturated carbocycles. The van der Waals surface area contributed by atoms with E-state index in [0.29, 0.717) is 16.6 Å². The summed E-state index contributed by atoms with van der Waals surface area (Å²) in [6.45, 7) is 1.52. The number of pyridine rings is 1. The van der Waals surface area contributed by atoms with E-state index in [0.717, 1.165) is 0 Å². The molecule has 154 valence electrons. The molecule has 0 radical (unpaired) electrons. The number of rotatable bonds is 4. The fourth-order valence-corrected chi connectivity index (χ4v) is 3.40. The van der Waals surface area contributed by atoms with Gasteiger partial charge in [-0.05, 0) is 43.3 Å². The minimum Gasteiger partial charge on any atom is -0.507 e. The number of hydrogen-bond acceptors (Lipinski definition) is 5. The topological polar surface area (TPSA) is 104 Å². The van der Waals surface area contributed by atoms with Gasteiger partial charge in [-0.2, -0.15) is 5.10 Å². The first-order chi connectivity index (χ1) is 15.0. The Kier molecular flexibility index (Phi) is 5.24. The molecule has 4 rings (SSSR count). The third-order valence-corrected chi connectivity index (χ3v) is 4.90. The predicted molar refractivity (Wildman–Crippen MR) is 119 cm³/mol. The first-order valence-electron chi connectivity index (χ1n) is 9.54. The van der Waals surface area contributed by atoms with Gasteiger partial charge in [0.1, 0.15) is 17.1 Å². The van der Waals surface area contributed by atoms with E-state index in [1.54, 1.807) is 48.5 Å². The number of aromatic nitrogens is 1. The lowest BCUT2D eigenvalue weighted by Gasteiger charge is -2.15. The Labute approximate surface area is 177 Å². The van der Waals surface area contributed by atoms with E-state index in [2.05, 4.69) is 10.5 Å². The molecule has 0 saturated heterocycles. The molecule has 0 spiro atoms. The maximum Gasteiger partial charge on any atom is 0.275 e. The molecular formula is C24H19N3O4. The molecule has 1 aromatic heterocycles. The quantitative estimate of drug-likeness (QED) is 0.352. The number of phenols is 1. The molecule has 3 aromatic carbocycles. The van der Waals surface area contributed by atoms with Crippen molar-refractivity contribution in [1.29, 1.82) is 0 Å². The Hall–Kier alpha value is -4.39. The van der Waals surface area contributed by atoms with E-state index in [9.17, 15) is 19.8 Å². The van der Waals surface area contributed by atoms with Crippen LogP contribution in [0.5, 0.6) is 11.5 Å². The third-order valence-electron chi connectivity index (χ3n) is 4.90. The fourth-order valence-electron chi connectivity index (χ4n) is 3.40. The first kappa shape index (κ1) is 19.9. The van der Waals surface area contributed by atoms with Crippen molar-refractivity contribution < 1.29 is 15.0 Å². The highest BCUT2D eigenvalue weighted by atomic mass is 16.3. The zero-order valence-electron chi connectivity index (χ0n) is 16.6. The SMILES string of the molecule is C/C(=N\NC(=O)c1ccccc1O)c1c(O)c2ccccc2n(-c2ccccc2)c1=O. The molecule has 31 heavy (non-hydrogen) atoms. The van der Waals surface area contributed by atoms with Crippen LogP contribution in [0.1, 0.15) is 22.8 Å². The van der Waals surface area contributed by atoms with Crippen LogP contribution < -0.4 is 11.0 Å². The summed E-state index contributed by atoms with van der Waals surface area (Å²) < 4.78 is 1.49. The number of carbonyl (C=O) groups is 1. The Balaban J connectivity index is 1.84. The highest BCUT2D eigenvalue weighted by Gasteiger charge is 2.20. The van der Waals surface area contributed by atoms with Crippen molar-refractivity contribution in [3.63, 3.8) is 0 Å². The number of hydrazone groups is 1. The zero-order chi connectivity index (χ0) is 22.0. The third kappa shape index (κ3) is 3.64. The molecule has 0 aliphatic rings. The predicted octanol–water partition coefficient (Wildman–Crippen LogP) is 3.56. The summed E-state index contributed by atoms with van der Waals surface area (Å²) in [5.41, 5.74) is 3.18. The van der Waals surface area contributed by atoms with Gasteiger partial charge in [-0.25, -0.2) is 5.43 Å². The lowest BCUT2D eigenvalue weighted by atomic mass is 10.1. The highest BCUT2D eigenvalue weighted by Crippen LogP contribution is 2.28. The van der Waals surface area contributed by atoms with Gasteiger partial charge in [-0.3, -0.25) is 14.2 Å². The number of carbonyl (C=O) groups excluding carboxylic acids is 1. The lowest BCUT2D eigenvalue weighted by molar-refractivity contribution is 0.0952. The average Bonchev–Trinajstić information content (AvgIpc) is 2.78. The normalized spacial score (nSPS) is 11.5. The minimum atomic E-state index is -0.638. The average molecular weight is 413 g/mol. The zero-order valence-corrected chi connectivity index (χ0v) is 16.6. The standard InChI is InChI=1S/C24H19N3O4/c1-15(25-26-23(30)18-12-6-8-14-20(18)28)21-22(29)17-11-5-7-13-19(17)27(24(21)31)16-9-3-2-4-10-16/h2-14,28-29H,1H3,(H,26,30)/b25-15+. The molecule has 1 heterocycles. The molecule has 3 N–H and O–H groups in total. The van der Waals surface area contributed by atoms with Crippen LogP contribution in [0.15, 0.2) is 88.8 Å². The van der Waals surface area contributed by atoms with E-state index in [1.807, 2.05) is 18.2 Å². The molecule has 0 fully saturated rings. The van der Waals surface area contributed by atoms with Crippen molar-refractivity contribution in [3.8, 4) is 17.2 Å². The number of aromatic hydroxyl groups is 2. The molecule has 0 aliphatic heterocycles. The van der Waals surface area contributed by atoms with Crippen LogP contribution in [0.3, 0.4) is 0 Å². The molecule has 0 aliphatic carbocycles. The van der Waals surface area contributed by atoms with Gasteiger partial charge >= 0.3 is 0 Å². The van der Waals surface area contributed by atoms with Gasteiger partial charge < -0.3 is 10.2 Å². The van der Waals surface area contributed by atoms with Crippen molar-refractivity contribution >= 4 is 22.5 Å². The molecule has 0 atom stereocenters. The van der Waals surface area contributed by atoms with Gasteiger partial charge in [0, 0.05) is 11.1 Å². The number of benzene rings is 3. The van der Waals surface area contributed by atoms with Crippen molar-refractivity contribution in [2.75, 3.05) is 0 Å². The fraction of sp³-hybridized carbons (Fsp3) is 0.0417. The van der Waals surface area contributed by atoms with E-state index >= 15 is 0 Å². The van der Waals surface area contributed by atoms with Crippen molar-refractivity contribution in [2.45, 2.75) is 6.92 Å². The molecule has 4 aromatic rings. The highest BCUT2D eigenvalue weighted by molar-refractivity contribution is 6.06. The monoisotopic (exact) mass is 413 g/mol. The van der Waals surface area contributed by atoms with Gasteiger partial charge in [0.25, 0.3) is 11.5 Å². The second-order valence-electron chi connectivity index (χ2n) is 6.87. The second-order valence-corrected chi connectivity index (χ2v) is 6.87. The number of para-hydroxylation sites is 3. The van der Waals surface area contributed by atoms with Crippen LogP contribution in [0, 0.1) is 0 Å². The summed E-state index contributed by atoms with van der Waals surface area (Å²) >= 11 is 0. The molecule has 1 amide bonds. The van der Waals surface area contributed by atoms with Crippen molar-refractivity contribution in [1.82, 2.24) is 9.99 Å². The molecular weight excluding hydrogens is 394 g/mol. The lowest BCUT2D eigenvalue weighted by Crippen LogP contribution is -2.27. The Morgan fingerprint density at radius 1 is 0.903 bits per heavy atom. The van der Waals surface area contributed by atoms with Crippen molar-refractivity contribution in [2.24, 2.45) is 5.10 Å². The van der Waals surface area contributed by atoms with Crippen LogP contribution in [-0.2, 0) is 0 Å². The largest absolute Gasteiger partial charge is 0.507 e. The summed E-state index contributed by atoms with van der Waals surface area (Å²) in [6.07, 6.45) is 0. The van der Waals surface area contributed by atoms with E-state index in [-0.39, 0.29) is 28.3 Å². The number of nitrogens with one attached hydrogen (secondary N) is 1. The first-order valence-corrected chi connectivity index (χ1v) is 9.54. The summed E-state index contributed by atoms with van der Waals surface area (Å²) in [5.74, 6) is -1.04. The van der Waals surface area contributed by atoms with E-state index in [1.165, 1.54) is 23.6 Å². The van der Waals surface area contributed by atoms with Gasteiger partial charge in [0.2, 0.25) is 0 Å². The molecule has 7 nitrogen and oxygen atoms in total. The van der Waals surface area contributed by atoms with Crippen LogP contribution in [0.25, 0.3) is 16.6 Å². The minimum absolute atomic E-state index is 0.0277. The van der Waals surface area contributed by atoms with Crippen molar-refractivity contribution in [3.05, 3.63) is 100 Å². The number of hydrogen-bond donors (Lipinski definition) is 3. The van der Waals surface area contributed by atoms with Gasteiger partial charge in [0.15, 0.2) is 0 Å². The second kappa shape index (κ2) is 8.16. The van der Waals surface area contributed by atoms with E-state index < -0.39 is 11.5 Å². The Bertz CT molecular complexity index is 1370. The Morgan fingerprint density at radius 3 is 2.29 bits per heavy atom. The summed E-state index contributed by atoms with van der Waals surface area (Å²) in [7, 11) is 0. The number of fused-ring (bicyclic) bond motifs is 1. The number of nitrogens with zero attached hydrogens (tertiary/aromatic N) is 2. The van der Waals surface area contributed by atoms with Gasteiger partial charge in [0.05, 0.1) is 16.8 Å². The molecule has 0 unspecified atom stereocenters. The smallest absolute Gasteiger partial charge is 0.275 e. The van der Waals surface area contributed by atoms with Gasteiger partial charge in [-0.1, -0.05) is 42.5 Å². The van der Waals surface area contributed by atoms with Crippen LogP contribution in [0.2, 0.25) is 0 Å². The van der Waals surface area contributed by atoms with E-state index in [4.69, 9.17) is 0 Å². The maximum absolute atomic E-state index is 13.4. The summed E-state index contributed by atoms with van der Waals surface area (Å²) in [6, 6.07) is 22.1. The number of amides is 1. The Morgan fingerprint density at radius 2 is 1.55 bits per heavy atom. The summed E-state index contributed by atoms with van der Waals surface area (Å²) in [5, 5.41) is 25.2. The molecule has 0 bridgehead atoms. The van der Waals surface area contributed by atoms with Crippen LogP contribution in [-0.4, -0.2) is 26.4 Å². The maximum atomic E-state index is 13.4.